The van der Waals surface area contributed by atoms with E-state index in [1.165, 1.54) is 186 Å². The number of unbranched alkanes of at least 4 members (excludes halogenated alkanes) is 34. The van der Waals surface area contributed by atoms with Gasteiger partial charge in [-0.15, -0.1) is 0 Å². The van der Waals surface area contributed by atoms with Crippen molar-refractivity contribution in [3.05, 3.63) is 48.6 Å². The van der Waals surface area contributed by atoms with E-state index in [4.69, 9.17) is 4.74 Å². The standard InChI is InChI=1S/C58H107NO5/c1-3-5-7-9-11-13-15-16-17-18-19-23-26-29-32-36-40-44-48-52-58(63)64-53-49-45-41-37-33-30-27-24-21-20-22-25-28-31-35-39-43-47-51-57(62)59-55(54-60)56(61)50-46-42-38-34-14-12-10-8-6-4-2/h11,13,16-17,22,25,46,50,55-56,60-61H,3-10,12,14-15,18-21,23-24,26-45,47-49,51-54H2,1-2H3,(H,59,62)/b13-11-,17-16-,25-22-,50-46+. The van der Waals surface area contributed by atoms with Crippen LogP contribution in [0.25, 0.3) is 0 Å². The number of amides is 1. The lowest BCUT2D eigenvalue weighted by Crippen LogP contribution is -2.45. The van der Waals surface area contributed by atoms with Gasteiger partial charge in [-0.05, 0) is 89.9 Å². The fraction of sp³-hybridized carbons (Fsp3) is 0.828. The number of carbonyl (C=O) groups excluding carboxylic acids is 2. The molecule has 64 heavy (non-hydrogen) atoms. The van der Waals surface area contributed by atoms with E-state index in [2.05, 4.69) is 55.6 Å². The topological polar surface area (TPSA) is 95.9 Å². The Bertz CT molecular complexity index is 1080. The molecule has 0 radical (unpaired) electrons. The van der Waals surface area contributed by atoms with Crippen LogP contribution in [0.1, 0.15) is 284 Å². The van der Waals surface area contributed by atoms with Crippen LogP contribution in [0.2, 0.25) is 0 Å². The summed E-state index contributed by atoms with van der Waals surface area (Å²) in [5, 5.41) is 22.9. The summed E-state index contributed by atoms with van der Waals surface area (Å²) in [4.78, 5) is 24.5. The highest BCUT2D eigenvalue weighted by Gasteiger charge is 2.18. The first-order valence-electron chi connectivity index (χ1n) is 27.9. The summed E-state index contributed by atoms with van der Waals surface area (Å²) in [6.07, 6.45) is 67.0. The molecule has 0 aliphatic rings. The number of carbonyl (C=O) groups is 2. The molecule has 0 aromatic carbocycles. The van der Waals surface area contributed by atoms with Crippen molar-refractivity contribution in [3.63, 3.8) is 0 Å². The Hall–Kier alpha value is -2.18. The van der Waals surface area contributed by atoms with E-state index in [-0.39, 0.29) is 18.5 Å². The monoisotopic (exact) mass is 898 g/mol. The second-order valence-corrected chi connectivity index (χ2v) is 18.9. The van der Waals surface area contributed by atoms with Gasteiger partial charge in [0.05, 0.1) is 25.4 Å². The number of allylic oxidation sites excluding steroid dienone is 7. The van der Waals surface area contributed by atoms with Gasteiger partial charge in [0, 0.05) is 12.8 Å². The third kappa shape index (κ3) is 49.3. The Morgan fingerprint density at radius 2 is 0.781 bits per heavy atom. The SMILES string of the molecule is CCCCC/C=C\C/C=C\CCCCCCCCCCCC(=O)OCCCCCCCCCCC/C=C\CCCCCCCC(=O)NC(CO)C(O)/C=C/CCCCCCCCCC. The van der Waals surface area contributed by atoms with Gasteiger partial charge in [0.2, 0.25) is 5.91 Å². The Morgan fingerprint density at radius 3 is 1.23 bits per heavy atom. The predicted molar refractivity (Wildman–Crippen MR) is 278 cm³/mol. The molecule has 0 saturated carbocycles. The van der Waals surface area contributed by atoms with Gasteiger partial charge < -0.3 is 20.3 Å². The van der Waals surface area contributed by atoms with Crippen molar-refractivity contribution in [2.45, 2.75) is 296 Å². The Morgan fingerprint density at radius 1 is 0.438 bits per heavy atom. The lowest BCUT2D eigenvalue weighted by molar-refractivity contribution is -0.143. The Balaban J connectivity index is 3.44. The zero-order valence-corrected chi connectivity index (χ0v) is 42.5. The first kappa shape index (κ1) is 61.8. The largest absolute Gasteiger partial charge is 0.466 e. The zero-order chi connectivity index (χ0) is 46.5. The lowest BCUT2D eigenvalue weighted by atomic mass is 10.1. The van der Waals surface area contributed by atoms with Crippen LogP contribution in [0.3, 0.4) is 0 Å². The van der Waals surface area contributed by atoms with Crippen LogP contribution in [0.15, 0.2) is 48.6 Å². The van der Waals surface area contributed by atoms with Crippen molar-refractivity contribution in [2.24, 2.45) is 0 Å². The summed E-state index contributed by atoms with van der Waals surface area (Å²) < 4.78 is 5.48. The maximum absolute atomic E-state index is 12.4. The van der Waals surface area contributed by atoms with E-state index in [1.807, 2.05) is 6.08 Å². The minimum Gasteiger partial charge on any atom is -0.466 e. The first-order chi connectivity index (χ1) is 31.5. The smallest absolute Gasteiger partial charge is 0.305 e. The van der Waals surface area contributed by atoms with Gasteiger partial charge in [-0.2, -0.15) is 0 Å². The van der Waals surface area contributed by atoms with Gasteiger partial charge in [-0.25, -0.2) is 0 Å². The summed E-state index contributed by atoms with van der Waals surface area (Å²) in [7, 11) is 0. The van der Waals surface area contributed by atoms with Crippen molar-refractivity contribution in [2.75, 3.05) is 13.2 Å². The number of esters is 1. The molecule has 0 aliphatic heterocycles. The van der Waals surface area contributed by atoms with Gasteiger partial charge in [-0.3, -0.25) is 9.59 Å². The Kier molecular flexibility index (Phi) is 51.6. The van der Waals surface area contributed by atoms with Crippen molar-refractivity contribution in [1.29, 1.82) is 0 Å². The number of nitrogens with one attached hydrogen (secondary N) is 1. The van der Waals surface area contributed by atoms with E-state index in [9.17, 15) is 19.8 Å². The number of ether oxygens (including phenoxy) is 1. The summed E-state index contributed by atoms with van der Waals surface area (Å²) in [6, 6.07) is -0.637. The third-order valence-corrected chi connectivity index (χ3v) is 12.6. The molecular weight excluding hydrogens is 791 g/mol. The summed E-state index contributed by atoms with van der Waals surface area (Å²) in [6.45, 7) is 4.84. The molecule has 0 aromatic heterocycles. The first-order valence-corrected chi connectivity index (χ1v) is 27.9. The summed E-state index contributed by atoms with van der Waals surface area (Å²) >= 11 is 0. The van der Waals surface area contributed by atoms with Crippen molar-refractivity contribution >= 4 is 11.9 Å². The van der Waals surface area contributed by atoms with Crippen molar-refractivity contribution in [3.8, 4) is 0 Å². The van der Waals surface area contributed by atoms with Gasteiger partial charge in [0.1, 0.15) is 0 Å². The molecule has 0 aliphatic carbocycles. The molecule has 0 rings (SSSR count). The average Bonchev–Trinajstić information content (AvgIpc) is 3.29. The molecule has 2 atom stereocenters. The van der Waals surface area contributed by atoms with Gasteiger partial charge in [0.15, 0.2) is 0 Å². The van der Waals surface area contributed by atoms with E-state index in [1.54, 1.807) is 6.08 Å². The van der Waals surface area contributed by atoms with Crippen LogP contribution in [0, 0.1) is 0 Å². The van der Waals surface area contributed by atoms with E-state index in [0.717, 1.165) is 70.6 Å². The molecule has 0 fully saturated rings. The fourth-order valence-corrected chi connectivity index (χ4v) is 8.25. The lowest BCUT2D eigenvalue weighted by Gasteiger charge is -2.20. The molecule has 2 unspecified atom stereocenters. The highest BCUT2D eigenvalue weighted by Crippen LogP contribution is 2.15. The molecule has 0 bridgehead atoms. The molecule has 6 heteroatoms. The third-order valence-electron chi connectivity index (χ3n) is 12.6. The van der Waals surface area contributed by atoms with Gasteiger partial charge in [-0.1, -0.05) is 229 Å². The van der Waals surface area contributed by atoms with Crippen LogP contribution in [-0.2, 0) is 14.3 Å². The normalized spacial score (nSPS) is 13.0. The number of hydrogen-bond donors (Lipinski definition) is 3. The highest BCUT2D eigenvalue weighted by atomic mass is 16.5. The van der Waals surface area contributed by atoms with Gasteiger partial charge >= 0.3 is 5.97 Å². The van der Waals surface area contributed by atoms with Crippen LogP contribution >= 0.6 is 0 Å². The minimum absolute atomic E-state index is 0.00253. The van der Waals surface area contributed by atoms with Crippen LogP contribution < -0.4 is 5.32 Å². The summed E-state index contributed by atoms with van der Waals surface area (Å²) in [5.41, 5.74) is 0. The molecule has 1 amide bonds. The number of hydrogen-bond acceptors (Lipinski definition) is 5. The second kappa shape index (κ2) is 53.4. The second-order valence-electron chi connectivity index (χ2n) is 18.9. The van der Waals surface area contributed by atoms with Crippen LogP contribution in [-0.4, -0.2) is 47.4 Å². The predicted octanol–water partition coefficient (Wildman–Crippen LogP) is 17.0. The fourth-order valence-electron chi connectivity index (χ4n) is 8.25. The van der Waals surface area contributed by atoms with Crippen molar-refractivity contribution < 1.29 is 24.5 Å². The number of aliphatic hydroxyl groups excluding tert-OH is 2. The van der Waals surface area contributed by atoms with Gasteiger partial charge in [0.25, 0.3) is 0 Å². The van der Waals surface area contributed by atoms with Crippen molar-refractivity contribution in [1.82, 2.24) is 5.32 Å². The minimum atomic E-state index is -0.852. The zero-order valence-electron chi connectivity index (χ0n) is 42.5. The van der Waals surface area contributed by atoms with E-state index < -0.39 is 12.1 Å². The van der Waals surface area contributed by atoms with E-state index in [0.29, 0.717) is 19.4 Å². The molecule has 6 nitrogen and oxygen atoms in total. The molecule has 0 spiro atoms. The maximum atomic E-state index is 12.4. The highest BCUT2D eigenvalue weighted by molar-refractivity contribution is 5.76. The molecule has 374 valence electrons. The quantitative estimate of drug-likeness (QED) is 0.0321. The maximum Gasteiger partial charge on any atom is 0.305 e. The van der Waals surface area contributed by atoms with E-state index >= 15 is 0 Å². The molecular formula is C58H107NO5. The number of aliphatic hydroxyl groups is 2. The average molecular weight is 898 g/mol. The Labute approximate surface area is 397 Å². The number of rotatable bonds is 51. The van der Waals surface area contributed by atoms with Crippen LogP contribution in [0.5, 0.6) is 0 Å². The van der Waals surface area contributed by atoms with Crippen LogP contribution in [0.4, 0.5) is 0 Å². The summed E-state index contributed by atoms with van der Waals surface area (Å²) in [5.74, 6) is -0.0878. The molecule has 0 aromatic rings. The molecule has 0 heterocycles. The molecule has 3 N–H and O–H groups in total. The molecule has 0 saturated heterocycles.